The van der Waals surface area contributed by atoms with Crippen LogP contribution in [0.1, 0.15) is 24.8 Å². The van der Waals surface area contributed by atoms with Crippen molar-refractivity contribution in [3.8, 4) is 5.75 Å². The van der Waals surface area contributed by atoms with Crippen molar-refractivity contribution in [2.75, 3.05) is 0 Å². The number of halogens is 1. The standard InChI is InChI=1S/C11H11FO/c12-9-5-6-11(13)10(7-9)8-3-1-2-4-8/h3,5-7,13H,1-2,4H2. The molecule has 0 fully saturated rings. The van der Waals surface area contributed by atoms with E-state index < -0.39 is 0 Å². The van der Waals surface area contributed by atoms with Crippen molar-refractivity contribution >= 4 is 5.57 Å². The molecule has 0 amide bonds. The molecule has 0 spiro atoms. The van der Waals surface area contributed by atoms with Crippen molar-refractivity contribution in [1.82, 2.24) is 0 Å². The molecule has 0 saturated carbocycles. The summed E-state index contributed by atoms with van der Waals surface area (Å²) in [5.74, 6) is -0.116. The molecule has 1 aromatic carbocycles. The van der Waals surface area contributed by atoms with Crippen LogP contribution in [0.3, 0.4) is 0 Å². The van der Waals surface area contributed by atoms with Gasteiger partial charge in [0.2, 0.25) is 0 Å². The lowest BCUT2D eigenvalue weighted by Gasteiger charge is -2.04. The molecule has 0 atom stereocenters. The normalized spacial score (nSPS) is 15.9. The number of hydrogen-bond donors (Lipinski definition) is 1. The maximum atomic E-state index is 12.9. The summed E-state index contributed by atoms with van der Waals surface area (Å²) in [5, 5.41) is 9.49. The molecule has 0 unspecified atom stereocenters. The minimum Gasteiger partial charge on any atom is -0.507 e. The molecule has 0 heterocycles. The molecule has 0 bridgehead atoms. The molecule has 68 valence electrons. The first kappa shape index (κ1) is 8.30. The molecular weight excluding hydrogens is 167 g/mol. The van der Waals surface area contributed by atoms with Gasteiger partial charge in [-0.2, -0.15) is 0 Å². The number of rotatable bonds is 1. The Morgan fingerprint density at radius 3 is 2.85 bits per heavy atom. The largest absolute Gasteiger partial charge is 0.507 e. The topological polar surface area (TPSA) is 20.2 Å². The van der Waals surface area contributed by atoms with Crippen molar-refractivity contribution in [2.24, 2.45) is 0 Å². The Hall–Kier alpha value is -1.31. The highest BCUT2D eigenvalue weighted by molar-refractivity contribution is 5.71. The zero-order valence-corrected chi connectivity index (χ0v) is 7.26. The first-order chi connectivity index (χ1) is 6.27. The van der Waals surface area contributed by atoms with Crippen molar-refractivity contribution in [2.45, 2.75) is 19.3 Å². The van der Waals surface area contributed by atoms with E-state index in [4.69, 9.17) is 0 Å². The van der Waals surface area contributed by atoms with E-state index in [2.05, 4.69) is 6.08 Å². The van der Waals surface area contributed by atoms with E-state index in [0.717, 1.165) is 24.8 Å². The van der Waals surface area contributed by atoms with E-state index in [-0.39, 0.29) is 11.6 Å². The summed E-state index contributed by atoms with van der Waals surface area (Å²) >= 11 is 0. The van der Waals surface area contributed by atoms with Gasteiger partial charge in [-0.15, -0.1) is 0 Å². The molecular formula is C11H11FO. The predicted octanol–water partition coefficient (Wildman–Crippen LogP) is 3.10. The Labute approximate surface area is 76.5 Å². The minimum absolute atomic E-state index is 0.176. The Morgan fingerprint density at radius 2 is 2.15 bits per heavy atom. The van der Waals surface area contributed by atoms with Crippen molar-refractivity contribution < 1.29 is 9.50 Å². The highest BCUT2D eigenvalue weighted by Gasteiger charge is 2.11. The zero-order chi connectivity index (χ0) is 9.26. The molecule has 0 saturated heterocycles. The monoisotopic (exact) mass is 178 g/mol. The Morgan fingerprint density at radius 1 is 1.31 bits per heavy atom. The molecule has 2 rings (SSSR count). The van der Waals surface area contributed by atoms with Crippen LogP contribution < -0.4 is 0 Å². The van der Waals surface area contributed by atoms with Gasteiger partial charge in [0.25, 0.3) is 0 Å². The van der Waals surface area contributed by atoms with Gasteiger partial charge in [0.1, 0.15) is 11.6 Å². The van der Waals surface area contributed by atoms with Gasteiger partial charge in [-0.1, -0.05) is 6.08 Å². The second-order valence-electron chi connectivity index (χ2n) is 3.28. The fourth-order valence-electron chi connectivity index (χ4n) is 1.68. The lowest BCUT2D eigenvalue weighted by atomic mass is 10.0. The van der Waals surface area contributed by atoms with E-state index in [0.29, 0.717) is 5.56 Å². The number of phenols is 1. The summed E-state index contributed by atoms with van der Waals surface area (Å²) in [6, 6.07) is 4.07. The van der Waals surface area contributed by atoms with Gasteiger partial charge >= 0.3 is 0 Å². The third-order valence-electron chi connectivity index (χ3n) is 2.35. The molecule has 0 aliphatic heterocycles. The second-order valence-corrected chi connectivity index (χ2v) is 3.28. The molecule has 0 radical (unpaired) electrons. The van der Waals surface area contributed by atoms with Crippen LogP contribution in [-0.2, 0) is 0 Å². The average molecular weight is 178 g/mol. The van der Waals surface area contributed by atoms with Crippen LogP contribution in [-0.4, -0.2) is 5.11 Å². The quantitative estimate of drug-likeness (QED) is 0.700. The number of aromatic hydroxyl groups is 1. The van der Waals surface area contributed by atoms with Crippen molar-refractivity contribution in [3.63, 3.8) is 0 Å². The Kier molecular flexibility index (Phi) is 2.05. The molecule has 1 N–H and O–H groups in total. The third kappa shape index (κ3) is 1.57. The Balaban J connectivity index is 2.43. The van der Waals surface area contributed by atoms with Crippen LogP contribution in [0.15, 0.2) is 24.3 Å². The van der Waals surface area contributed by atoms with E-state index in [1.807, 2.05) is 0 Å². The molecule has 13 heavy (non-hydrogen) atoms. The molecule has 1 nitrogen and oxygen atoms in total. The summed E-state index contributed by atoms with van der Waals surface area (Å²) in [6.07, 6.45) is 5.14. The van der Waals surface area contributed by atoms with Gasteiger partial charge in [-0.3, -0.25) is 0 Å². The SMILES string of the molecule is Oc1ccc(F)cc1C1=CCCC1. The highest BCUT2D eigenvalue weighted by atomic mass is 19.1. The van der Waals surface area contributed by atoms with E-state index in [1.165, 1.54) is 18.2 Å². The third-order valence-corrected chi connectivity index (χ3v) is 2.35. The van der Waals surface area contributed by atoms with Gasteiger partial charge in [0.15, 0.2) is 0 Å². The maximum absolute atomic E-state index is 12.9. The first-order valence-electron chi connectivity index (χ1n) is 4.45. The molecule has 1 aliphatic carbocycles. The average Bonchev–Trinajstić information content (AvgIpc) is 2.61. The molecule has 1 aliphatic rings. The maximum Gasteiger partial charge on any atom is 0.124 e. The number of hydrogen-bond acceptors (Lipinski definition) is 1. The smallest absolute Gasteiger partial charge is 0.124 e. The summed E-state index contributed by atoms with van der Waals surface area (Å²) < 4.78 is 12.9. The van der Waals surface area contributed by atoms with Gasteiger partial charge in [0.05, 0.1) is 0 Å². The number of phenolic OH excluding ortho intramolecular Hbond substituents is 1. The van der Waals surface area contributed by atoms with Crippen LogP contribution in [0.5, 0.6) is 5.75 Å². The van der Waals surface area contributed by atoms with E-state index in [1.54, 1.807) is 0 Å². The first-order valence-corrected chi connectivity index (χ1v) is 4.45. The predicted molar refractivity (Wildman–Crippen MR) is 49.9 cm³/mol. The van der Waals surface area contributed by atoms with Crippen LogP contribution in [0.4, 0.5) is 4.39 Å². The van der Waals surface area contributed by atoms with Crippen LogP contribution in [0.2, 0.25) is 0 Å². The lowest BCUT2D eigenvalue weighted by Crippen LogP contribution is -1.84. The van der Waals surface area contributed by atoms with E-state index >= 15 is 0 Å². The molecule has 1 aromatic rings. The summed E-state index contributed by atoms with van der Waals surface area (Å²) in [7, 11) is 0. The fourth-order valence-corrected chi connectivity index (χ4v) is 1.68. The lowest BCUT2D eigenvalue weighted by molar-refractivity contribution is 0.471. The summed E-state index contributed by atoms with van der Waals surface area (Å²) in [4.78, 5) is 0. The zero-order valence-electron chi connectivity index (χ0n) is 7.26. The van der Waals surface area contributed by atoms with E-state index in [9.17, 15) is 9.50 Å². The molecule has 2 heteroatoms. The van der Waals surface area contributed by atoms with Crippen LogP contribution >= 0.6 is 0 Å². The van der Waals surface area contributed by atoms with Crippen molar-refractivity contribution in [1.29, 1.82) is 0 Å². The number of allylic oxidation sites excluding steroid dienone is 2. The Bertz CT molecular complexity index is 355. The minimum atomic E-state index is -0.291. The molecule has 0 aromatic heterocycles. The van der Waals surface area contributed by atoms with Gasteiger partial charge < -0.3 is 5.11 Å². The van der Waals surface area contributed by atoms with Crippen LogP contribution in [0.25, 0.3) is 5.57 Å². The fraction of sp³-hybridized carbons (Fsp3) is 0.273. The highest BCUT2D eigenvalue weighted by Crippen LogP contribution is 2.33. The van der Waals surface area contributed by atoms with Crippen LogP contribution in [0, 0.1) is 5.82 Å². The van der Waals surface area contributed by atoms with Gasteiger partial charge in [0, 0.05) is 5.56 Å². The van der Waals surface area contributed by atoms with Gasteiger partial charge in [-0.25, -0.2) is 4.39 Å². The second kappa shape index (κ2) is 3.21. The summed E-state index contributed by atoms with van der Waals surface area (Å²) in [6.45, 7) is 0. The van der Waals surface area contributed by atoms with Gasteiger partial charge in [-0.05, 0) is 43.0 Å². The summed E-state index contributed by atoms with van der Waals surface area (Å²) in [5.41, 5.74) is 1.72. The number of benzene rings is 1. The van der Waals surface area contributed by atoms with Crippen molar-refractivity contribution in [3.05, 3.63) is 35.7 Å².